The summed E-state index contributed by atoms with van der Waals surface area (Å²) in [5, 5.41) is 0.211. The molecule has 0 aliphatic heterocycles. The average molecular weight is 239 g/mol. The topological polar surface area (TPSA) is 52.3 Å². The Bertz CT molecular complexity index is 337. The highest BCUT2D eigenvalue weighted by Crippen LogP contribution is 2.25. The molecule has 0 saturated carbocycles. The van der Waals surface area contributed by atoms with Gasteiger partial charge in [-0.1, -0.05) is 6.92 Å². The van der Waals surface area contributed by atoms with Crippen LogP contribution in [0.5, 0.6) is 0 Å². The van der Waals surface area contributed by atoms with E-state index in [1.54, 1.807) is 11.8 Å². The smallest absolute Gasteiger partial charge is 0.306 e. The molecule has 0 radical (unpaired) electrons. The molecular formula is C12H17NO2S. The summed E-state index contributed by atoms with van der Waals surface area (Å²) < 4.78 is 4.90. The van der Waals surface area contributed by atoms with Gasteiger partial charge in [0.1, 0.15) is 0 Å². The Kier molecular flexibility index (Phi) is 5.19. The lowest BCUT2D eigenvalue weighted by Crippen LogP contribution is -2.10. The highest BCUT2D eigenvalue weighted by atomic mass is 32.2. The van der Waals surface area contributed by atoms with E-state index in [1.807, 2.05) is 38.1 Å². The lowest BCUT2D eigenvalue weighted by molar-refractivity contribution is -0.142. The van der Waals surface area contributed by atoms with Crippen LogP contribution in [-0.4, -0.2) is 17.8 Å². The van der Waals surface area contributed by atoms with Crippen LogP contribution in [0.1, 0.15) is 20.3 Å². The largest absolute Gasteiger partial charge is 0.466 e. The van der Waals surface area contributed by atoms with Crippen LogP contribution < -0.4 is 5.73 Å². The van der Waals surface area contributed by atoms with Crippen molar-refractivity contribution in [1.82, 2.24) is 0 Å². The molecule has 1 aromatic carbocycles. The third-order valence-electron chi connectivity index (χ3n) is 1.98. The minimum absolute atomic E-state index is 0.141. The van der Waals surface area contributed by atoms with Crippen molar-refractivity contribution in [3.8, 4) is 0 Å². The second-order valence-corrected chi connectivity index (χ2v) is 5.02. The number of benzene rings is 1. The van der Waals surface area contributed by atoms with Crippen molar-refractivity contribution >= 4 is 23.4 Å². The predicted octanol–water partition coefficient (Wildman–Crippen LogP) is 2.70. The summed E-state index contributed by atoms with van der Waals surface area (Å²) in [6.07, 6.45) is 0.433. The first-order valence-corrected chi connectivity index (χ1v) is 6.17. The Morgan fingerprint density at radius 2 is 2.06 bits per heavy atom. The van der Waals surface area contributed by atoms with Gasteiger partial charge >= 0.3 is 5.97 Å². The van der Waals surface area contributed by atoms with E-state index in [0.717, 1.165) is 10.6 Å². The number of nitrogen functional groups attached to an aromatic ring is 1. The van der Waals surface area contributed by atoms with Crippen LogP contribution in [0, 0.1) is 0 Å². The van der Waals surface area contributed by atoms with E-state index in [1.165, 1.54) is 0 Å². The number of hydrogen-bond donors (Lipinski definition) is 1. The van der Waals surface area contributed by atoms with Gasteiger partial charge in [-0.15, -0.1) is 11.8 Å². The molecule has 16 heavy (non-hydrogen) atoms. The summed E-state index contributed by atoms with van der Waals surface area (Å²) in [4.78, 5) is 12.4. The van der Waals surface area contributed by atoms with E-state index in [2.05, 4.69) is 0 Å². The highest BCUT2D eigenvalue weighted by molar-refractivity contribution is 8.00. The van der Waals surface area contributed by atoms with Crippen molar-refractivity contribution in [1.29, 1.82) is 0 Å². The fourth-order valence-corrected chi connectivity index (χ4v) is 2.25. The second-order valence-electron chi connectivity index (χ2n) is 3.51. The van der Waals surface area contributed by atoms with Gasteiger partial charge < -0.3 is 10.5 Å². The summed E-state index contributed by atoms with van der Waals surface area (Å²) in [6, 6.07) is 7.64. The molecule has 0 amide bonds. The molecule has 2 N–H and O–H groups in total. The summed E-state index contributed by atoms with van der Waals surface area (Å²) in [5.74, 6) is -0.141. The van der Waals surface area contributed by atoms with Crippen LogP contribution in [0.2, 0.25) is 0 Å². The summed E-state index contributed by atoms with van der Waals surface area (Å²) in [6.45, 7) is 4.27. The molecule has 4 heteroatoms. The Hall–Kier alpha value is -1.16. The van der Waals surface area contributed by atoms with E-state index >= 15 is 0 Å². The second kappa shape index (κ2) is 6.43. The maximum absolute atomic E-state index is 11.2. The molecule has 0 aromatic heterocycles. The zero-order chi connectivity index (χ0) is 12.0. The van der Waals surface area contributed by atoms with E-state index in [4.69, 9.17) is 10.5 Å². The zero-order valence-corrected chi connectivity index (χ0v) is 10.4. The molecular weight excluding hydrogens is 222 g/mol. The average Bonchev–Trinajstić information content (AvgIpc) is 2.21. The molecule has 88 valence electrons. The fourth-order valence-electron chi connectivity index (χ4n) is 1.27. The van der Waals surface area contributed by atoms with E-state index < -0.39 is 0 Å². The first-order valence-electron chi connectivity index (χ1n) is 5.29. The van der Waals surface area contributed by atoms with Crippen LogP contribution in [0.3, 0.4) is 0 Å². The lowest BCUT2D eigenvalue weighted by atomic mass is 10.3. The molecule has 0 aliphatic carbocycles. The summed E-state index contributed by atoms with van der Waals surface area (Å²) >= 11 is 1.65. The Morgan fingerprint density at radius 3 is 2.62 bits per heavy atom. The van der Waals surface area contributed by atoms with Gasteiger partial charge in [0, 0.05) is 15.8 Å². The summed E-state index contributed by atoms with van der Waals surface area (Å²) in [5.41, 5.74) is 6.35. The molecule has 0 saturated heterocycles. The molecule has 0 aliphatic rings. The molecule has 1 unspecified atom stereocenters. The minimum Gasteiger partial charge on any atom is -0.466 e. The van der Waals surface area contributed by atoms with Gasteiger partial charge in [-0.2, -0.15) is 0 Å². The SMILES string of the molecule is CCOC(=O)CC(C)Sc1ccc(N)cc1. The van der Waals surface area contributed by atoms with Gasteiger partial charge in [-0.3, -0.25) is 4.79 Å². The summed E-state index contributed by atoms with van der Waals surface area (Å²) in [7, 11) is 0. The molecule has 1 aromatic rings. The van der Waals surface area contributed by atoms with Crippen LogP contribution in [0.4, 0.5) is 5.69 Å². The van der Waals surface area contributed by atoms with Crippen molar-refractivity contribution in [2.45, 2.75) is 30.4 Å². The van der Waals surface area contributed by atoms with Gasteiger partial charge in [-0.25, -0.2) is 0 Å². The van der Waals surface area contributed by atoms with Crippen molar-refractivity contribution < 1.29 is 9.53 Å². The number of carbonyl (C=O) groups is 1. The first kappa shape index (κ1) is 12.9. The predicted molar refractivity (Wildman–Crippen MR) is 67.4 cm³/mol. The van der Waals surface area contributed by atoms with E-state index in [9.17, 15) is 4.79 Å². The van der Waals surface area contributed by atoms with Crippen molar-refractivity contribution in [2.75, 3.05) is 12.3 Å². The fraction of sp³-hybridized carbons (Fsp3) is 0.417. The third kappa shape index (κ3) is 4.57. The zero-order valence-electron chi connectivity index (χ0n) is 9.60. The van der Waals surface area contributed by atoms with Crippen molar-refractivity contribution in [3.05, 3.63) is 24.3 Å². The maximum Gasteiger partial charge on any atom is 0.306 e. The van der Waals surface area contributed by atoms with Crippen molar-refractivity contribution in [3.63, 3.8) is 0 Å². The Labute approximate surface area is 100 Å². The molecule has 0 spiro atoms. The number of nitrogens with two attached hydrogens (primary N) is 1. The Balaban J connectivity index is 2.42. The molecule has 0 heterocycles. The van der Waals surface area contributed by atoms with Gasteiger partial charge in [0.05, 0.1) is 13.0 Å². The number of rotatable bonds is 5. The van der Waals surface area contributed by atoms with Crippen LogP contribution in [0.15, 0.2) is 29.2 Å². The van der Waals surface area contributed by atoms with E-state index in [0.29, 0.717) is 13.0 Å². The molecule has 0 bridgehead atoms. The number of esters is 1. The van der Waals surface area contributed by atoms with Gasteiger partial charge in [0.15, 0.2) is 0 Å². The van der Waals surface area contributed by atoms with Gasteiger partial charge in [0.25, 0.3) is 0 Å². The van der Waals surface area contributed by atoms with Crippen molar-refractivity contribution in [2.24, 2.45) is 0 Å². The van der Waals surface area contributed by atoms with Crippen LogP contribution in [0.25, 0.3) is 0 Å². The third-order valence-corrected chi connectivity index (χ3v) is 3.09. The molecule has 0 fully saturated rings. The molecule has 1 atom stereocenters. The van der Waals surface area contributed by atoms with Gasteiger partial charge in [-0.05, 0) is 31.2 Å². The molecule has 3 nitrogen and oxygen atoms in total. The standard InChI is InChI=1S/C12H17NO2S/c1-3-15-12(14)8-9(2)16-11-6-4-10(13)5-7-11/h4-7,9H,3,8,13H2,1-2H3. The number of ether oxygens (including phenoxy) is 1. The minimum atomic E-state index is -0.141. The number of hydrogen-bond acceptors (Lipinski definition) is 4. The monoisotopic (exact) mass is 239 g/mol. The lowest BCUT2D eigenvalue weighted by Gasteiger charge is -2.10. The normalized spacial score (nSPS) is 12.1. The maximum atomic E-state index is 11.2. The van der Waals surface area contributed by atoms with Crippen LogP contribution >= 0.6 is 11.8 Å². The van der Waals surface area contributed by atoms with Gasteiger partial charge in [0.2, 0.25) is 0 Å². The van der Waals surface area contributed by atoms with Crippen LogP contribution in [-0.2, 0) is 9.53 Å². The molecule has 1 rings (SSSR count). The highest BCUT2D eigenvalue weighted by Gasteiger charge is 2.10. The Morgan fingerprint density at radius 1 is 1.44 bits per heavy atom. The quantitative estimate of drug-likeness (QED) is 0.487. The van der Waals surface area contributed by atoms with E-state index in [-0.39, 0.29) is 11.2 Å². The first-order chi connectivity index (χ1) is 7.61. The number of anilines is 1. The number of thioether (sulfide) groups is 1. The number of carbonyl (C=O) groups excluding carboxylic acids is 1.